The van der Waals surface area contributed by atoms with Gasteiger partial charge in [0, 0.05) is 11.8 Å². The molecule has 1 rings (SSSR count). The molecule has 0 spiro atoms. The zero-order valence-corrected chi connectivity index (χ0v) is 9.96. The number of carbonyl (C=O) groups is 1. The number of hydrogen-bond acceptors (Lipinski definition) is 4. The van der Waals surface area contributed by atoms with E-state index in [4.69, 9.17) is 4.74 Å². The molecule has 1 N–H and O–H groups in total. The molecule has 0 aliphatic heterocycles. The quantitative estimate of drug-likeness (QED) is 0.814. The molecule has 1 heterocycles. The van der Waals surface area contributed by atoms with Gasteiger partial charge in [0.15, 0.2) is 11.3 Å². The molecule has 7 heteroatoms. The second-order valence-corrected chi connectivity index (χ2v) is 3.38. The number of rotatable bonds is 5. The molecule has 0 aliphatic rings. The van der Waals surface area contributed by atoms with Crippen molar-refractivity contribution < 1.29 is 23.0 Å². The van der Waals surface area contributed by atoms with E-state index in [9.17, 15) is 18.4 Å². The summed E-state index contributed by atoms with van der Waals surface area (Å²) in [5, 5.41) is 0. The minimum Gasteiger partial charge on any atom is -0.482 e. The molecule has 0 bridgehead atoms. The number of pyridine rings is 1. The fourth-order valence-electron chi connectivity index (χ4n) is 1.44. The lowest BCUT2D eigenvalue weighted by Gasteiger charge is -2.10. The van der Waals surface area contributed by atoms with Crippen LogP contribution in [0.1, 0.15) is 24.6 Å². The van der Waals surface area contributed by atoms with Crippen molar-refractivity contribution in [2.24, 2.45) is 0 Å². The molecule has 1 aromatic heterocycles. The third-order valence-corrected chi connectivity index (χ3v) is 2.19. The lowest BCUT2D eigenvalue weighted by atomic mass is 10.1. The van der Waals surface area contributed by atoms with E-state index in [2.05, 4.69) is 9.72 Å². The molecule has 1 aromatic rings. The largest absolute Gasteiger partial charge is 0.482 e. The minimum absolute atomic E-state index is 0.0173. The normalized spacial score (nSPS) is 10.5. The molecule has 0 aliphatic carbocycles. The van der Waals surface area contributed by atoms with Crippen molar-refractivity contribution in [1.29, 1.82) is 0 Å². The van der Waals surface area contributed by atoms with Crippen LogP contribution in [0.3, 0.4) is 0 Å². The standard InChI is InChI=1S/C11H13F2NO4/c1-3-18-9(16)4-6-10(11(12)13)7(15)5-8(14-6)17-2/h5,11H,3-4H2,1-2H3,(H,14,15). The van der Waals surface area contributed by atoms with Crippen LogP contribution in [-0.2, 0) is 16.0 Å². The fourth-order valence-corrected chi connectivity index (χ4v) is 1.44. The number of nitrogens with one attached hydrogen (secondary N) is 1. The summed E-state index contributed by atoms with van der Waals surface area (Å²) in [6, 6.07) is 0.913. The summed E-state index contributed by atoms with van der Waals surface area (Å²) in [4.78, 5) is 25.2. The van der Waals surface area contributed by atoms with Crippen molar-refractivity contribution in [1.82, 2.24) is 4.98 Å². The fraction of sp³-hybridized carbons (Fsp3) is 0.455. The van der Waals surface area contributed by atoms with Crippen LogP contribution in [0.4, 0.5) is 8.78 Å². The van der Waals surface area contributed by atoms with E-state index in [1.807, 2.05) is 0 Å². The predicted octanol–water partition coefficient (Wildman–Crippen LogP) is 1.43. The first-order chi connectivity index (χ1) is 8.49. The number of esters is 1. The Labute approximate surface area is 102 Å². The van der Waals surface area contributed by atoms with E-state index in [1.54, 1.807) is 6.92 Å². The van der Waals surface area contributed by atoms with Gasteiger partial charge in [-0.3, -0.25) is 9.59 Å². The van der Waals surface area contributed by atoms with Crippen molar-refractivity contribution in [3.8, 4) is 5.88 Å². The highest BCUT2D eigenvalue weighted by molar-refractivity contribution is 5.72. The third kappa shape index (κ3) is 3.28. The van der Waals surface area contributed by atoms with Gasteiger partial charge in [-0.15, -0.1) is 0 Å². The van der Waals surface area contributed by atoms with Crippen LogP contribution in [0.5, 0.6) is 5.88 Å². The van der Waals surface area contributed by atoms with Gasteiger partial charge in [-0.2, -0.15) is 0 Å². The molecule has 0 saturated heterocycles. The molecule has 0 radical (unpaired) electrons. The number of ether oxygens (including phenoxy) is 2. The molecular formula is C11H13F2NO4. The number of H-pyrrole nitrogens is 1. The topological polar surface area (TPSA) is 68.4 Å². The highest BCUT2D eigenvalue weighted by atomic mass is 19.3. The van der Waals surface area contributed by atoms with Crippen LogP contribution >= 0.6 is 0 Å². The monoisotopic (exact) mass is 261 g/mol. The Kier molecular flexibility index (Phi) is 4.82. The SMILES string of the molecule is CCOC(=O)Cc1[nH]c(OC)cc(=O)c1C(F)F. The molecule has 0 aromatic carbocycles. The molecule has 0 fully saturated rings. The molecule has 0 amide bonds. The molecule has 0 unspecified atom stereocenters. The number of alkyl halides is 2. The third-order valence-electron chi connectivity index (χ3n) is 2.19. The van der Waals surface area contributed by atoms with E-state index in [-0.39, 0.29) is 18.2 Å². The highest BCUT2D eigenvalue weighted by Gasteiger charge is 2.21. The van der Waals surface area contributed by atoms with Crippen LogP contribution in [-0.4, -0.2) is 24.7 Å². The molecule has 100 valence electrons. The molecule has 0 saturated carbocycles. The van der Waals surface area contributed by atoms with E-state index in [1.165, 1.54) is 7.11 Å². The van der Waals surface area contributed by atoms with Gasteiger partial charge in [-0.1, -0.05) is 0 Å². The van der Waals surface area contributed by atoms with Gasteiger partial charge in [0.2, 0.25) is 0 Å². The summed E-state index contributed by atoms with van der Waals surface area (Å²) in [5.74, 6) is -0.674. The summed E-state index contributed by atoms with van der Waals surface area (Å²) >= 11 is 0. The van der Waals surface area contributed by atoms with Gasteiger partial charge in [0.25, 0.3) is 6.43 Å². The summed E-state index contributed by atoms with van der Waals surface area (Å²) in [5.41, 5.74) is -1.79. The zero-order chi connectivity index (χ0) is 13.7. The Bertz CT molecular complexity index is 484. The van der Waals surface area contributed by atoms with Gasteiger partial charge >= 0.3 is 5.97 Å². The molecule has 18 heavy (non-hydrogen) atoms. The first-order valence-electron chi connectivity index (χ1n) is 5.23. The van der Waals surface area contributed by atoms with Gasteiger partial charge in [0.1, 0.15) is 0 Å². The Morgan fingerprint density at radius 2 is 2.17 bits per heavy atom. The van der Waals surface area contributed by atoms with E-state index < -0.39 is 29.8 Å². The molecule has 0 atom stereocenters. The first-order valence-corrected chi connectivity index (χ1v) is 5.23. The Balaban J connectivity index is 3.17. The zero-order valence-electron chi connectivity index (χ0n) is 9.96. The van der Waals surface area contributed by atoms with Crippen molar-refractivity contribution >= 4 is 5.97 Å². The minimum atomic E-state index is -2.97. The lowest BCUT2D eigenvalue weighted by Crippen LogP contribution is -2.18. The van der Waals surface area contributed by atoms with Crippen LogP contribution in [0.2, 0.25) is 0 Å². The van der Waals surface area contributed by atoms with E-state index in [0.29, 0.717) is 0 Å². The maximum atomic E-state index is 12.7. The van der Waals surface area contributed by atoms with Crippen molar-refractivity contribution in [2.45, 2.75) is 19.8 Å². The molecular weight excluding hydrogens is 248 g/mol. The summed E-state index contributed by atoms with van der Waals surface area (Å²) in [6.45, 7) is 1.73. The van der Waals surface area contributed by atoms with E-state index >= 15 is 0 Å². The lowest BCUT2D eigenvalue weighted by molar-refractivity contribution is -0.142. The summed E-state index contributed by atoms with van der Waals surface area (Å²) in [7, 11) is 1.28. The number of carbonyl (C=O) groups excluding carboxylic acids is 1. The van der Waals surface area contributed by atoms with Crippen molar-refractivity contribution in [2.75, 3.05) is 13.7 Å². The van der Waals surface area contributed by atoms with Gasteiger partial charge < -0.3 is 14.5 Å². The number of aromatic amines is 1. The van der Waals surface area contributed by atoms with Crippen LogP contribution in [0.25, 0.3) is 0 Å². The number of hydrogen-bond donors (Lipinski definition) is 1. The van der Waals surface area contributed by atoms with Crippen LogP contribution < -0.4 is 10.2 Å². The van der Waals surface area contributed by atoms with Gasteiger partial charge in [0.05, 0.1) is 25.7 Å². The maximum Gasteiger partial charge on any atom is 0.311 e. The number of halogens is 2. The second-order valence-electron chi connectivity index (χ2n) is 3.38. The van der Waals surface area contributed by atoms with Gasteiger partial charge in [-0.25, -0.2) is 8.78 Å². The Morgan fingerprint density at radius 1 is 1.50 bits per heavy atom. The number of aromatic nitrogens is 1. The highest BCUT2D eigenvalue weighted by Crippen LogP contribution is 2.20. The second kappa shape index (κ2) is 6.13. The van der Waals surface area contributed by atoms with Crippen LogP contribution in [0, 0.1) is 0 Å². The molecule has 5 nitrogen and oxygen atoms in total. The Hall–Kier alpha value is -1.92. The smallest absolute Gasteiger partial charge is 0.311 e. The average molecular weight is 261 g/mol. The average Bonchev–Trinajstić information content (AvgIpc) is 2.27. The summed E-state index contributed by atoms with van der Waals surface area (Å²) < 4.78 is 34.9. The predicted molar refractivity (Wildman–Crippen MR) is 58.9 cm³/mol. The summed E-state index contributed by atoms with van der Waals surface area (Å²) in [6.07, 6.45) is -3.40. The first kappa shape index (κ1) is 14.1. The van der Waals surface area contributed by atoms with Gasteiger partial charge in [-0.05, 0) is 6.92 Å². The van der Waals surface area contributed by atoms with Crippen LogP contribution in [0.15, 0.2) is 10.9 Å². The maximum absolute atomic E-state index is 12.7. The number of methoxy groups -OCH3 is 1. The van der Waals surface area contributed by atoms with Crippen molar-refractivity contribution in [3.63, 3.8) is 0 Å². The van der Waals surface area contributed by atoms with E-state index in [0.717, 1.165) is 6.07 Å². The van der Waals surface area contributed by atoms with Crippen molar-refractivity contribution in [3.05, 3.63) is 27.5 Å². The Morgan fingerprint density at radius 3 is 2.67 bits per heavy atom.